The van der Waals surface area contributed by atoms with Crippen molar-refractivity contribution in [1.82, 2.24) is 0 Å². The molecule has 3 nitrogen and oxygen atoms in total. The summed E-state index contributed by atoms with van der Waals surface area (Å²) < 4.78 is 6.14. The molecule has 0 amide bonds. The molecule has 0 radical (unpaired) electrons. The van der Waals surface area contributed by atoms with Gasteiger partial charge in [0.2, 0.25) is 0 Å². The summed E-state index contributed by atoms with van der Waals surface area (Å²) in [5.74, 6) is 1.03. The predicted octanol–water partition coefficient (Wildman–Crippen LogP) is 3.84. The average Bonchev–Trinajstić information content (AvgIpc) is 2.49. The highest BCUT2D eigenvalue weighted by atomic mass is 16.5. The summed E-state index contributed by atoms with van der Waals surface area (Å²) in [6.07, 6.45) is 0.994. The van der Waals surface area contributed by atoms with Crippen molar-refractivity contribution in [2.45, 2.75) is 33.3 Å². The van der Waals surface area contributed by atoms with Crippen LogP contribution in [0.5, 0.6) is 11.5 Å². The molecule has 116 valence electrons. The lowest BCUT2D eigenvalue weighted by Gasteiger charge is -2.36. The fourth-order valence-electron chi connectivity index (χ4n) is 3.09. The predicted molar refractivity (Wildman–Crippen MR) is 90.0 cm³/mol. The minimum absolute atomic E-state index is 0.106. The van der Waals surface area contributed by atoms with Crippen LogP contribution in [0.15, 0.2) is 36.4 Å². The lowest BCUT2D eigenvalue weighted by Crippen LogP contribution is -2.41. The quantitative estimate of drug-likeness (QED) is 0.934. The molecular weight excluding hydrogens is 274 g/mol. The van der Waals surface area contributed by atoms with Crippen molar-refractivity contribution < 1.29 is 9.84 Å². The number of fused-ring (bicyclic) bond motifs is 1. The zero-order valence-corrected chi connectivity index (χ0v) is 13.5. The van der Waals surface area contributed by atoms with Gasteiger partial charge in [-0.1, -0.05) is 23.8 Å². The SMILES string of the molecule is CCN1CC(Cc2cc(C)ccc2C)Oc2cc(O)ccc21. The second-order valence-electron chi connectivity index (χ2n) is 6.06. The molecule has 1 atom stereocenters. The van der Waals surface area contributed by atoms with Gasteiger partial charge in [0.05, 0.1) is 12.2 Å². The molecule has 1 aliphatic heterocycles. The highest BCUT2D eigenvalue weighted by Gasteiger charge is 2.25. The maximum Gasteiger partial charge on any atom is 0.146 e. The molecule has 0 spiro atoms. The van der Waals surface area contributed by atoms with E-state index in [1.54, 1.807) is 12.1 Å². The van der Waals surface area contributed by atoms with E-state index in [1.165, 1.54) is 16.7 Å². The Morgan fingerprint density at radius 2 is 2.00 bits per heavy atom. The van der Waals surface area contributed by atoms with Crippen molar-refractivity contribution in [1.29, 1.82) is 0 Å². The van der Waals surface area contributed by atoms with Crippen LogP contribution in [0.25, 0.3) is 0 Å². The lowest BCUT2D eigenvalue weighted by molar-refractivity contribution is 0.193. The molecule has 0 saturated heterocycles. The summed E-state index contributed by atoms with van der Waals surface area (Å²) in [7, 11) is 0. The third-order valence-electron chi connectivity index (χ3n) is 4.34. The first-order chi connectivity index (χ1) is 10.6. The number of aryl methyl sites for hydroxylation is 2. The summed E-state index contributed by atoms with van der Waals surface area (Å²) in [6.45, 7) is 8.23. The number of hydrogen-bond donors (Lipinski definition) is 1. The summed E-state index contributed by atoms with van der Waals surface area (Å²) in [5.41, 5.74) is 4.99. The van der Waals surface area contributed by atoms with Crippen molar-refractivity contribution >= 4 is 5.69 Å². The lowest BCUT2D eigenvalue weighted by atomic mass is 9.99. The van der Waals surface area contributed by atoms with E-state index in [-0.39, 0.29) is 11.9 Å². The minimum Gasteiger partial charge on any atom is -0.508 e. The Labute approximate surface area is 132 Å². The van der Waals surface area contributed by atoms with Gasteiger partial charge in [-0.3, -0.25) is 0 Å². The van der Waals surface area contributed by atoms with Gasteiger partial charge in [0, 0.05) is 19.0 Å². The van der Waals surface area contributed by atoms with Gasteiger partial charge < -0.3 is 14.7 Å². The average molecular weight is 297 g/mol. The van der Waals surface area contributed by atoms with Crippen LogP contribution in [-0.4, -0.2) is 24.3 Å². The van der Waals surface area contributed by atoms with E-state index in [4.69, 9.17) is 4.74 Å². The number of ether oxygens (including phenoxy) is 1. The summed E-state index contributed by atoms with van der Waals surface area (Å²) in [4.78, 5) is 2.31. The van der Waals surface area contributed by atoms with Gasteiger partial charge in [0.25, 0.3) is 0 Å². The number of aromatic hydroxyl groups is 1. The van der Waals surface area contributed by atoms with E-state index < -0.39 is 0 Å². The Hall–Kier alpha value is -2.16. The topological polar surface area (TPSA) is 32.7 Å². The fourth-order valence-corrected chi connectivity index (χ4v) is 3.09. The van der Waals surface area contributed by atoms with Crippen LogP contribution < -0.4 is 9.64 Å². The highest BCUT2D eigenvalue weighted by Crippen LogP contribution is 2.36. The largest absolute Gasteiger partial charge is 0.508 e. The number of rotatable bonds is 3. The van der Waals surface area contributed by atoms with Crippen molar-refractivity contribution in [2.24, 2.45) is 0 Å². The Balaban J connectivity index is 1.86. The van der Waals surface area contributed by atoms with E-state index in [9.17, 15) is 5.11 Å². The third-order valence-corrected chi connectivity index (χ3v) is 4.34. The van der Waals surface area contributed by atoms with E-state index >= 15 is 0 Å². The van der Waals surface area contributed by atoms with Crippen LogP contribution in [0.1, 0.15) is 23.6 Å². The molecule has 1 heterocycles. The number of phenols is 1. The smallest absolute Gasteiger partial charge is 0.146 e. The van der Waals surface area contributed by atoms with Gasteiger partial charge in [-0.15, -0.1) is 0 Å². The molecule has 2 aromatic carbocycles. The first-order valence-electron chi connectivity index (χ1n) is 7.87. The molecule has 1 aliphatic rings. The number of phenolic OH excluding ortho intramolecular Hbond substituents is 1. The zero-order valence-electron chi connectivity index (χ0n) is 13.5. The monoisotopic (exact) mass is 297 g/mol. The molecule has 3 heteroatoms. The first-order valence-corrected chi connectivity index (χ1v) is 7.87. The second-order valence-corrected chi connectivity index (χ2v) is 6.06. The Kier molecular flexibility index (Phi) is 3.97. The number of nitrogens with zero attached hydrogens (tertiary/aromatic N) is 1. The normalized spacial score (nSPS) is 17.0. The number of anilines is 1. The van der Waals surface area contributed by atoms with Crippen LogP contribution in [-0.2, 0) is 6.42 Å². The van der Waals surface area contributed by atoms with Gasteiger partial charge >= 0.3 is 0 Å². The molecule has 0 fully saturated rings. The number of hydrogen-bond acceptors (Lipinski definition) is 3. The molecule has 0 aliphatic carbocycles. The molecule has 0 bridgehead atoms. The second kappa shape index (κ2) is 5.91. The zero-order chi connectivity index (χ0) is 15.7. The maximum absolute atomic E-state index is 9.71. The van der Waals surface area contributed by atoms with Crippen molar-refractivity contribution in [2.75, 3.05) is 18.0 Å². The minimum atomic E-state index is 0.106. The molecule has 0 aromatic heterocycles. The van der Waals surface area contributed by atoms with Gasteiger partial charge in [-0.25, -0.2) is 0 Å². The molecule has 1 unspecified atom stereocenters. The van der Waals surface area contributed by atoms with E-state index in [0.717, 1.165) is 30.9 Å². The van der Waals surface area contributed by atoms with E-state index in [1.807, 2.05) is 6.07 Å². The van der Waals surface area contributed by atoms with Gasteiger partial charge in [-0.2, -0.15) is 0 Å². The van der Waals surface area contributed by atoms with Gasteiger partial charge in [0.1, 0.15) is 17.6 Å². The third kappa shape index (κ3) is 2.89. The molecule has 22 heavy (non-hydrogen) atoms. The van der Waals surface area contributed by atoms with Crippen LogP contribution in [0.3, 0.4) is 0 Å². The standard InChI is InChI=1S/C19H23NO2/c1-4-20-12-17(10-15-9-13(2)5-6-14(15)3)22-19-11-16(21)7-8-18(19)20/h5-9,11,17,21H,4,10,12H2,1-3H3. The van der Waals surface area contributed by atoms with Crippen molar-refractivity contribution in [3.05, 3.63) is 53.1 Å². The molecule has 3 rings (SSSR count). The molecule has 1 N–H and O–H groups in total. The number of benzene rings is 2. The molecule has 2 aromatic rings. The molecule has 0 saturated carbocycles. The Bertz CT molecular complexity index is 681. The van der Waals surface area contributed by atoms with Crippen LogP contribution in [0, 0.1) is 13.8 Å². The van der Waals surface area contributed by atoms with Crippen LogP contribution in [0.4, 0.5) is 5.69 Å². The Morgan fingerprint density at radius 1 is 1.18 bits per heavy atom. The van der Waals surface area contributed by atoms with Crippen molar-refractivity contribution in [3.63, 3.8) is 0 Å². The number of likely N-dealkylation sites (N-methyl/N-ethyl adjacent to an activating group) is 1. The highest BCUT2D eigenvalue weighted by molar-refractivity contribution is 5.62. The summed E-state index contributed by atoms with van der Waals surface area (Å²) in [5, 5.41) is 9.71. The van der Waals surface area contributed by atoms with Crippen molar-refractivity contribution in [3.8, 4) is 11.5 Å². The Morgan fingerprint density at radius 3 is 2.77 bits per heavy atom. The summed E-state index contributed by atoms with van der Waals surface area (Å²) >= 11 is 0. The fraction of sp³-hybridized carbons (Fsp3) is 0.368. The molecular formula is C19H23NO2. The summed E-state index contributed by atoms with van der Waals surface area (Å²) in [6, 6.07) is 11.9. The van der Waals surface area contributed by atoms with E-state index in [0.29, 0.717) is 0 Å². The van der Waals surface area contributed by atoms with Crippen LogP contribution >= 0.6 is 0 Å². The first kappa shape index (κ1) is 14.8. The van der Waals surface area contributed by atoms with E-state index in [2.05, 4.69) is 43.9 Å². The maximum atomic E-state index is 9.71. The van der Waals surface area contributed by atoms with Gasteiger partial charge in [0.15, 0.2) is 0 Å². The van der Waals surface area contributed by atoms with Crippen LogP contribution in [0.2, 0.25) is 0 Å². The van der Waals surface area contributed by atoms with Gasteiger partial charge in [-0.05, 0) is 44.0 Å².